The van der Waals surface area contributed by atoms with Crippen molar-refractivity contribution < 1.29 is 9.21 Å². The number of carbonyl (C=O) groups is 1. The maximum Gasteiger partial charge on any atom is 0.133 e. The quantitative estimate of drug-likeness (QED) is 0.638. The molecule has 0 amide bonds. The highest BCUT2D eigenvalue weighted by molar-refractivity contribution is 5.79. The number of ketones is 1. The molecule has 1 aliphatic carbocycles. The number of hydrogen-bond donors (Lipinski definition) is 0. The van der Waals surface area contributed by atoms with Crippen molar-refractivity contribution in [2.24, 2.45) is 0 Å². The minimum absolute atomic E-state index is 0.348. The lowest BCUT2D eigenvalue weighted by atomic mass is 9.87. The summed E-state index contributed by atoms with van der Waals surface area (Å²) in [5, 5.41) is 0. The molecule has 12 heavy (non-hydrogen) atoms. The van der Waals surface area contributed by atoms with Crippen molar-refractivity contribution in [2.75, 3.05) is 0 Å². The van der Waals surface area contributed by atoms with Gasteiger partial charge in [0.1, 0.15) is 11.5 Å². The standard InChI is InChI=1S/C10H12O2/c11-9-4-1-3-8(7-9)10-5-2-6-12-10/h2,5-6,8H,1,3-4,7H2/t8-/m0/s1. The van der Waals surface area contributed by atoms with Crippen LogP contribution in [0, 0.1) is 0 Å². The van der Waals surface area contributed by atoms with Crippen LogP contribution in [-0.2, 0) is 4.79 Å². The Hall–Kier alpha value is -1.05. The van der Waals surface area contributed by atoms with E-state index in [1.807, 2.05) is 12.1 Å². The van der Waals surface area contributed by atoms with Gasteiger partial charge in [-0.25, -0.2) is 0 Å². The number of carbonyl (C=O) groups excluding carboxylic acids is 1. The van der Waals surface area contributed by atoms with Crippen LogP contribution in [0.2, 0.25) is 0 Å². The van der Waals surface area contributed by atoms with Gasteiger partial charge < -0.3 is 4.42 Å². The van der Waals surface area contributed by atoms with Crippen molar-refractivity contribution in [1.29, 1.82) is 0 Å². The van der Waals surface area contributed by atoms with Crippen LogP contribution in [0.1, 0.15) is 37.4 Å². The Kier molecular flexibility index (Phi) is 1.98. The molecule has 1 heterocycles. The van der Waals surface area contributed by atoms with Crippen LogP contribution in [0.25, 0.3) is 0 Å². The molecule has 2 nitrogen and oxygen atoms in total. The summed E-state index contributed by atoms with van der Waals surface area (Å²) < 4.78 is 5.27. The largest absolute Gasteiger partial charge is 0.469 e. The van der Waals surface area contributed by atoms with Gasteiger partial charge in [-0.3, -0.25) is 4.79 Å². The maximum atomic E-state index is 11.1. The van der Waals surface area contributed by atoms with Gasteiger partial charge in [0.25, 0.3) is 0 Å². The van der Waals surface area contributed by atoms with E-state index in [1.54, 1.807) is 6.26 Å². The van der Waals surface area contributed by atoms with Gasteiger partial charge in [0.05, 0.1) is 6.26 Å². The van der Waals surface area contributed by atoms with E-state index in [-0.39, 0.29) is 0 Å². The molecule has 1 aromatic heterocycles. The Morgan fingerprint density at radius 1 is 1.50 bits per heavy atom. The summed E-state index contributed by atoms with van der Waals surface area (Å²) >= 11 is 0. The van der Waals surface area contributed by atoms with Crippen molar-refractivity contribution >= 4 is 5.78 Å². The molecular weight excluding hydrogens is 152 g/mol. The van der Waals surface area contributed by atoms with Crippen LogP contribution in [0.3, 0.4) is 0 Å². The second-order valence-corrected chi connectivity index (χ2v) is 3.35. The second kappa shape index (κ2) is 3.13. The molecule has 0 radical (unpaired) electrons. The van der Waals surface area contributed by atoms with E-state index in [0.717, 1.165) is 25.0 Å². The van der Waals surface area contributed by atoms with Gasteiger partial charge in [-0.15, -0.1) is 0 Å². The lowest BCUT2D eigenvalue weighted by Crippen LogP contribution is -2.12. The molecule has 0 aliphatic heterocycles. The molecule has 1 aliphatic rings. The molecule has 1 saturated carbocycles. The summed E-state index contributed by atoms with van der Waals surface area (Å²) in [6.45, 7) is 0. The first-order valence-electron chi connectivity index (χ1n) is 4.41. The zero-order chi connectivity index (χ0) is 8.39. The van der Waals surface area contributed by atoms with Crippen LogP contribution < -0.4 is 0 Å². The van der Waals surface area contributed by atoms with Crippen molar-refractivity contribution in [2.45, 2.75) is 31.6 Å². The smallest absolute Gasteiger partial charge is 0.133 e. The van der Waals surface area contributed by atoms with Crippen LogP contribution in [0.5, 0.6) is 0 Å². The molecule has 2 rings (SSSR count). The van der Waals surface area contributed by atoms with Crippen LogP contribution >= 0.6 is 0 Å². The average molecular weight is 164 g/mol. The molecule has 64 valence electrons. The predicted octanol–water partition coefficient (Wildman–Crippen LogP) is 2.51. The number of Topliss-reactive ketones (excluding diaryl/α,β-unsaturated/α-hetero) is 1. The van der Waals surface area contributed by atoms with Gasteiger partial charge in [-0.2, -0.15) is 0 Å². The molecule has 0 spiro atoms. The maximum absolute atomic E-state index is 11.1. The Bertz CT molecular complexity index is 261. The first-order valence-corrected chi connectivity index (χ1v) is 4.41. The average Bonchev–Trinajstić information content (AvgIpc) is 2.56. The normalized spacial score (nSPS) is 24.3. The Morgan fingerprint density at radius 3 is 3.08 bits per heavy atom. The van der Waals surface area contributed by atoms with Crippen LogP contribution in [0.4, 0.5) is 0 Å². The van der Waals surface area contributed by atoms with E-state index in [2.05, 4.69) is 0 Å². The lowest BCUT2D eigenvalue weighted by Gasteiger charge is -2.18. The topological polar surface area (TPSA) is 30.2 Å². The summed E-state index contributed by atoms with van der Waals surface area (Å²) in [6, 6.07) is 3.84. The molecule has 0 aromatic carbocycles. The third-order valence-electron chi connectivity index (χ3n) is 2.43. The van der Waals surface area contributed by atoms with Gasteiger partial charge in [-0.05, 0) is 25.0 Å². The highest BCUT2D eigenvalue weighted by Crippen LogP contribution is 2.30. The fourth-order valence-electron chi connectivity index (χ4n) is 1.79. The van der Waals surface area contributed by atoms with Gasteiger partial charge in [0, 0.05) is 18.8 Å². The highest BCUT2D eigenvalue weighted by atomic mass is 16.3. The molecule has 0 unspecified atom stereocenters. The molecule has 2 heteroatoms. The first-order chi connectivity index (χ1) is 5.86. The Balaban J connectivity index is 2.09. The lowest BCUT2D eigenvalue weighted by molar-refractivity contribution is -0.120. The van der Waals surface area contributed by atoms with E-state index >= 15 is 0 Å². The van der Waals surface area contributed by atoms with Gasteiger partial charge in [0.2, 0.25) is 0 Å². The monoisotopic (exact) mass is 164 g/mol. The SMILES string of the molecule is O=C1CCC[C@H](c2ccco2)C1. The first kappa shape index (κ1) is 7.59. The zero-order valence-corrected chi connectivity index (χ0v) is 6.95. The predicted molar refractivity (Wildman–Crippen MR) is 44.9 cm³/mol. The molecule has 1 atom stereocenters. The zero-order valence-electron chi connectivity index (χ0n) is 6.95. The van der Waals surface area contributed by atoms with Crippen LogP contribution in [-0.4, -0.2) is 5.78 Å². The van der Waals surface area contributed by atoms with Gasteiger partial charge >= 0.3 is 0 Å². The van der Waals surface area contributed by atoms with Crippen molar-refractivity contribution in [3.8, 4) is 0 Å². The molecule has 0 N–H and O–H groups in total. The third kappa shape index (κ3) is 1.42. The molecule has 0 bridgehead atoms. The fourth-order valence-corrected chi connectivity index (χ4v) is 1.79. The van der Waals surface area contributed by atoms with Crippen molar-refractivity contribution in [1.82, 2.24) is 0 Å². The van der Waals surface area contributed by atoms with E-state index in [4.69, 9.17) is 4.42 Å². The highest BCUT2D eigenvalue weighted by Gasteiger charge is 2.22. The van der Waals surface area contributed by atoms with Gasteiger partial charge in [-0.1, -0.05) is 0 Å². The van der Waals surface area contributed by atoms with E-state index in [1.165, 1.54) is 0 Å². The minimum atomic E-state index is 0.348. The summed E-state index contributed by atoms with van der Waals surface area (Å²) in [6.07, 6.45) is 5.22. The fraction of sp³-hybridized carbons (Fsp3) is 0.500. The second-order valence-electron chi connectivity index (χ2n) is 3.35. The number of hydrogen-bond acceptors (Lipinski definition) is 2. The summed E-state index contributed by atoms with van der Waals surface area (Å²) in [5.41, 5.74) is 0. The molecular formula is C10H12O2. The van der Waals surface area contributed by atoms with E-state index < -0.39 is 0 Å². The summed E-state index contributed by atoms with van der Waals surface area (Å²) in [7, 11) is 0. The van der Waals surface area contributed by atoms with Gasteiger partial charge in [0.15, 0.2) is 0 Å². The summed E-state index contributed by atoms with van der Waals surface area (Å²) in [5.74, 6) is 1.70. The molecule has 0 saturated heterocycles. The number of rotatable bonds is 1. The van der Waals surface area contributed by atoms with E-state index in [9.17, 15) is 4.79 Å². The van der Waals surface area contributed by atoms with Crippen molar-refractivity contribution in [3.63, 3.8) is 0 Å². The Morgan fingerprint density at radius 2 is 2.42 bits per heavy atom. The molecule has 1 aromatic rings. The van der Waals surface area contributed by atoms with Crippen LogP contribution in [0.15, 0.2) is 22.8 Å². The number of furan rings is 1. The Labute approximate surface area is 71.6 Å². The third-order valence-corrected chi connectivity index (χ3v) is 2.43. The van der Waals surface area contributed by atoms with Crippen molar-refractivity contribution in [3.05, 3.63) is 24.2 Å². The summed E-state index contributed by atoms with van der Waals surface area (Å²) in [4.78, 5) is 11.1. The van der Waals surface area contributed by atoms with E-state index in [0.29, 0.717) is 18.1 Å². The minimum Gasteiger partial charge on any atom is -0.469 e. The molecule has 1 fully saturated rings.